The van der Waals surface area contributed by atoms with Crippen LogP contribution in [0.4, 0.5) is 0 Å². The number of ether oxygens (including phenoxy) is 1. The molecule has 0 amide bonds. The number of phenols is 2. The second kappa shape index (κ2) is 4.00. The van der Waals surface area contributed by atoms with Crippen LogP contribution in [0, 0.1) is 0 Å². The minimum Gasteiger partial charge on any atom is -0.507 e. The number of carbonyl (C=O) groups excluding carboxylic acids is 1. The number of hydrogen-bond donors (Lipinski definition) is 2. The molecule has 0 aliphatic rings. The van der Waals surface area contributed by atoms with Crippen LogP contribution in [0.25, 0.3) is 0 Å². The zero-order chi connectivity index (χ0) is 10.7. The van der Waals surface area contributed by atoms with Crippen LogP contribution in [0.3, 0.4) is 0 Å². The van der Waals surface area contributed by atoms with E-state index in [0.717, 1.165) is 6.07 Å². The highest BCUT2D eigenvalue weighted by atomic mass is 16.5. The lowest BCUT2D eigenvalue weighted by Crippen LogP contribution is -1.98. The van der Waals surface area contributed by atoms with Crippen LogP contribution >= 0.6 is 0 Å². The molecule has 0 aliphatic carbocycles. The van der Waals surface area contributed by atoms with Crippen LogP contribution in [0.2, 0.25) is 0 Å². The fourth-order valence-electron chi connectivity index (χ4n) is 1.13. The molecule has 0 saturated carbocycles. The van der Waals surface area contributed by atoms with Crippen molar-refractivity contribution in [1.29, 1.82) is 0 Å². The monoisotopic (exact) mass is 196 g/mol. The van der Waals surface area contributed by atoms with E-state index >= 15 is 0 Å². The molecule has 0 unspecified atom stereocenters. The van der Waals surface area contributed by atoms with E-state index < -0.39 is 0 Å². The van der Waals surface area contributed by atoms with Crippen LogP contribution in [0.15, 0.2) is 12.1 Å². The van der Waals surface area contributed by atoms with Gasteiger partial charge in [-0.15, -0.1) is 0 Å². The lowest BCUT2D eigenvalue weighted by atomic mass is 10.1. The number of methoxy groups -OCH3 is 1. The van der Waals surface area contributed by atoms with E-state index in [1.807, 2.05) is 0 Å². The van der Waals surface area contributed by atoms with Gasteiger partial charge in [0.15, 0.2) is 17.3 Å². The van der Waals surface area contributed by atoms with Crippen molar-refractivity contribution < 1.29 is 19.7 Å². The quantitative estimate of drug-likeness (QED) is 0.722. The van der Waals surface area contributed by atoms with Gasteiger partial charge in [-0.05, 0) is 6.07 Å². The van der Waals surface area contributed by atoms with Crippen molar-refractivity contribution in [3.05, 3.63) is 17.7 Å². The SMILES string of the molecule is CCC(=O)c1cc(OC)c(O)cc1O. The van der Waals surface area contributed by atoms with Crippen LogP contribution in [-0.2, 0) is 0 Å². The number of Topliss-reactive ketones (excluding diaryl/α,β-unsaturated/α-hetero) is 1. The Kier molecular flexibility index (Phi) is 2.96. The minimum atomic E-state index is -0.227. The van der Waals surface area contributed by atoms with Crippen LogP contribution in [0.1, 0.15) is 23.7 Å². The maximum atomic E-state index is 11.3. The van der Waals surface area contributed by atoms with E-state index in [4.69, 9.17) is 4.74 Å². The summed E-state index contributed by atoms with van der Waals surface area (Å²) >= 11 is 0. The maximum absolute atomic E-state index is 11.3. The molecule has 0 saturated heterocycles. The number of rotatable bonds is 3. The second-order valence-electron chi connectivity index (χ2n) is 2.82. The molecule has 0 radical (unpaired) electrons. The molecule has 0 aliphatic heterocycles. The van der Waals surface area contributed by atoms with Crippen molar-refractivity contribution >= 4 is 5.78 Å². The Bertz CT molecular complexity index is 357. The lowest BCUT2D eigenvalue weighted by Gasteiger charge is -2.07. The van der Waals surface area contributed by atoms with Crippen LogP contribution in [0.5, 0.6) is 17.2 Å². The van der Waals surface area contributed by atoms with Gasteiger partial charge in [0.2, 0.25) is 0 Å². The van der Waals surface area contributed by atoms with Gasteiger partial charge in [0.1, 0.15) is 5.75 Å². The van der Waals surface area contributed by atoms with Crippen molar-refractivity contribution in [2.75, 3.05) is 7.11 Å². The predicted octanol–water partition coefficient (Wildman–Crippen LogP) is 1.70. The van der Waals surface area contributed by atoms with Crippen molar-refractivity contribution in [2.24, 2.45) is 0 Å². The van der Waals surface area contributed by atoms with Gasteiger partial charge in [-0.25, -0.2) is 0 Å². The zero-order valence-electron chi connectivity index (χ0n) is 8.07. The van der Waals surface area contributed by atoms with Crippen molar-refractivity contribution in [3.63, 3.8) is 0 Å². The number of hydrogen-bond acceptors (Lipinski definition) is 4. The Hall–Kier alpha value is -1.71. The number of phenolic OH excluding ortho intramolecular Hbond substituents is 2. The molecule has 14 heavy (non-hydrogen) atoms. The van der Waals surface area contributed by atoms with Gasteiger partial charge in [-0.1, -0.05) is 6.92 Å². The molecule has 1 aromatic carbocycles. The van der Waals surface area contributed by atoms with Gasteiger partial charge < -0.3 is 14.9 Å². The van der Waals surface area contributed by atoms with Gasteiger partial charge in [0.25, 0.3) is 0 Å². The van der Waals surface area contributed by atoms with E-state index in [1.54, 1.807) is 6.92 Å². The summed E-state index contributed by atoms with van der Waals surface area (Å²) in [5, 5.41) is 18.7. The molecule has 0 spiro atoms. The summed E-state index contributed by atoms with van der Waals surface area (Å²) < 4.78 is 4.82. The molecular weight excluding hydrogens is 184 g/mol. The smallest absolute Gasteiger partial charge is 0.166 e. The molecule has 4 nitrogen and oxygen atoms in total. The highest BCUT2D eigenvalue weighted by Gasteiger charge is 2.13. The van der Waals surface area contributed by atoms with E-state index in [9.17, 15) is 15.0 Å². The molecule has 2 N–H and O–H groups in total. The number of ketones is 1. The van der Waals surface area contributed by atoms with E-state index in [2.05, 4.69) is 0 Å². The van der Waals surface area contributed by atoms with Crippen molar-refractivity contribution in [1.82, 2.24) is 0 Å². The summed E-state index contributed by atoms with van der Waals surface area (Å²) in [6.45, 7) is 1.70. The fraction of sp³-hybridized carbons (Fsp3) is 0.300. The Morgan fingerprint density at radius 1 is 1.36 bits per heavy atom. The molecule has 0 atom stereocenters. The largest absolute Gasteiger partial charge is 0.507 e. The van der Waals surface area contributed by atoms with Crippen LogP contribution in [-0.4, -0.2) is 23.1 Å². The highest BCUT2D eigenvalue weighted by Crippen LogP contribution is 2.33. The van der Waals surface area contributed by atoms with Crippen molar-refractivity contribution in [3.8, 4) is 17.2 Å². The summed E-state index contributed by atoms with van der Waals surface area (Å²) in [7, 11) is 1.38. The standard InChI is InChI=1S/C10H12O4/c1-3-7(11)6-4-10(14-2)9(13)5-8(6)12/h4-5,12-13H,3H2,1-2H3. The predicted molar refractivity (Wildman–Crippen MR) is 50.9 cm³/mol. The van der Waals surface area contributed by atoms with Gasteiger partial charge in [-0.3, -0.25) is 4.79 Å². The second-order valence-corrected chi connectivity index (χ2v) is 2.82. The molecule has 0 bridgehead atoms. The zero-order valence-corrected chi connectivity index (χ0v) is 8.07. The topological polar surface area (TPSA) is 66.8 Å². The molecule has 1 aromatic rings. The first-order valence-electron chi connectivity index (χ1n) is 4.23. The highest BCUT2D eigenvalue weighted by molar-refractivity contribution is 5.99. The van der Waals surface area contributed by atoms with E-state index in [-0.39, 0.29) is 28.6 Å². The summed E-state index contributed by atoms with van der Waals surface area (Å²) in [5.41, 5.74) is 0.169. The third-order valence-corrected chi connectivity index (χ3v) is 1.92. The number of carbonyl (C=O) groups is 1. The normalized spacial score (nSPS) is 9.86. The molecule has 0 fully saturated rings. The van der Waals surface area contributed by atoms with E-state index in [0.29, 0.717) is 6.42 Å². The maximum Gasteiger partial charge on any atom is 0.166 e. The molecule has 0 heterocycles. The summed E-state index contributed by atoms with van der Waals surface area (Å²) in [6, 6.07) is 2.43. The Labute approximate surface area is 81.8 Å². The lowest BCUT2D eigenvalue weighted by molar-refractivity contribution is 0.0985. The summed E-state index contributed by atoms with van der Waals surface area (Å²) in [6.07, 6.45) is 0.293. The molecule has 76 valence electrons. The van der Waals surface area contributed by atoms with E-state index in [1.165, 1.54) is 13.2 Å². The first-order chi connectivity index (χ1) is 6.60. The Morgan fingerprint density at radius 2 is 2.00 bits per heavy atom. The number of aromatic hydroxyl groups is 2. The van der Waals surface area contributed by atoms with Gasteiger partial charge in [-0.2, -0.15) is 0 Å². The van der Waals surface area contributed by atoms with Gasteiger partial charge >= 0.3 is 0 Å². The molecule has 4 heteroatoms. The van der Waals surface area contributed by atoms with Gasteiger partial charge in [0, 0.05) is 12.5 Å². The first kappa shape index (κ1) is 10.4. The summed E-state index contributed by atoms with van der Waals surface area (Å²) in [5.74, 6) is -0.423. The molecule has 0 aromatic heterocycles. The van der Waals surface area contributed by atoms with Gasteiger partial charge in [0.05, 0.1) is 12.7 Å². The fourth-order valence-corrected chi connectivity index (χ4v) is 1.13. The Morgan fingerprint density at radius 3 is 2.50 bits per heavy atom. The minimum absolute atomic E-state index is 0.169. The average molecular weight is 196 g/mol. The third kappa shape index (κ3) is 1.79. The first-order valence-corrected chi connectivity index (χ1v) is 4.23. The third-order valence-electron chi connectivity index (χ3n) is 1.92. The Balaban J connectivity index is 3.24. The van der Waals surface area contributed by atoms with Crippen molar-refractivity contribution in [2.45, 2.75) is 13.3 Å². The van der Waals surface area contributed by atoms with Crippen LogP contribution < -0.4 is 4.74 Å². The summed E-state index contributed by atoms with van der Waals surface area (Å²) in [4.78, 5) is 11.3. The average Bonchev–Trinajstić information content (AvgIpc) is 2.17. The molecular formula is C10H12O4. The number of benzene rings is 1. The molecule has 1 rings (SSSR count).